The van der Waals surface area contributed by atoms with Crippen LogP contribution in [0.5, 0.6) is 0 Å². The van der Waals surface area contributed by atoms with Gasteiger partial charge in [0.15, 0.2) is 0 Å². The van der Waals surface area contributed by atoms with Crippen molar-refractivity contribution in [1.82, 2.24) is 0 Å². The molecule has 0 aromatic carbocycles. The minimum atomic E-state index is 0.882. The molecule has 0 amide bonds. The van der Waals surface area contributed by atoms with Crippen LogP contribution in [0.1, 0.15) is 240 Å². The molecule has 0 aromatic heterocycles. The van der Waals surface area contributed by atoms with Crippen LogP contribution in [-0.2, 0) is 0 Å². The maximum Gasteiger partial charge on any atom is -0.0203 e. The van der Waals surface area contributed by atoms with Crippen LogP contribution in [0.2, 0.25) is 0 Å². The van der Waals surface area contributed by atoms with Gasteiger partial charge >= 0.3 is 0 Å². The third-order valence-electron chi connectivity index (χ3n) is 9.46. The van der Waals surface area contributed by atoms with Crippen molar-refractivity contribution in [3.05, 3.63) is 11.6 Å². The summed E-state index contributed by atoms with van der Waals surface area (Å²) in [6, 6.07) is 0. The minimum Gasteiger partial charge on any atom is -0.0851 e. The summed E-state index contributed by atoms with van der Waals surface area (Å²) >= 11 is 0. The molecule has 0 aliphatic carbocycles. The van der Waals surface area contributed by atoms with E-state index in [1.54, 1.807) is 0 Å². The molecule has 0 N–H and O–H groups in total. The summed E-state index contributed by atoms with van der Waals surface area (Å²) in [5, 5.41) is 0. The highest BCUT2D eigenvalue weighted by Crippen LogP contribution is 2.28. The third kappa shape index (κ3) is 29.2. The van der Waals surface area contributed by atoms with Gasteiger partial charge in [-0.25, -0.2) is 0 Å². The van der Waals surface area contributed by atoms with Gasteiger partial charge in [0.2, 0.25) is 0 Å². The monoisotopic (exact) mass is 561 g/mol. The molecule has 0 heteroatoms. The van der Waals surface area contributed by atoms with Crippen molar-refractivity contribution in [2.24, 2.45) is 5.92 Å². The SMILES string of the molecule is CCCCCCCCCCCCCCCCCCC=C(CC)C(CCCCCCCC)CCCCCCCCC. The first-order valence-corrected chi connectivity index (χ1v) is 19.5. The van der Waals surface area contributed by atoms with Gasteiger partial charge in [0.05, 0.1) is 0 Å². The predicted molar refractivity (Wildman–Crippen MR) is 187 cm³/mol. The fourth-order valence-electron chi connectivity index (χ4n) is 6.61. The van der Waals surface area contributed by atoms with Crippen molar-refractivity contribution < 1.29 is 0 Å². The number of hydrogen-bond acceptors (Lipinski definition) is 0. The molecular weight excluding hydrogens is 480 g/mol. The van der Waals surface area contributed by atoms with E-state index < -0.39 is 0 Å². The molecule has 0 aliphatic heterocycles. The van der Waals surface area contributed by atoms with Crippen LogP contribution in [0.25, 0.3) is 0 Å². The van der Waals surface area contributed by atoms with Gasteiger partial charge in [0.25, 0.3) is 0 Å². The first kappa shape index (κ1) is 39.7. The molecule has 40 heavy (non-hydrogen) atoms. The molecule has 0 rings (SSSR count). The Hall–Kier alpha value is -0.260. The Morgan fingerprint density at radius 1 is 0.350 bits per heavy atom. The maximum absolute atomic E-state index is 2.70. The van der Waals surface area contributed by atoms with Gasteiger partial charge in [-0.15, -0.1) is 0 Å². The van der Waals surface area contributed by atoms with E-state index in [9.17, 15) is 0 Å². The lowest BCUT2D eigenvalue weighted by molar-refractivity contribution is 0.440. The van der Waals surface area contributed by atoms with Gasteiger partial charge in [-0.3, -0.25) is 0 Å². The molecule has 0 saturated heterocycles. The van der Waals surface area contributed by atoms with Crippen LogP contribution in [-0.4, -0.2) is 0 Å². The Balaban J connectivity index is 4.01. The highest BCUT2D eigenvalue weighted by atomic mass is 14.2. The van der Waals surface area contributed by atoms with E-state index in [-0.39, 0.29) is 0 Å². The van der Waals surface area contributed by atoms with Crippen LogP contribution in [0.4, 0.5) is 0 Å². The van der Waals surface area contributed by atoms with Crippen LogP contribution in [0, 0.1) is 5.92 Å². The van der Waals surface area contributed by atoms with Crippen molar-refractivity contribution in [2.75, 3.05) is 0 Å². The molecule has 0 heterocycles. The zero-order valence-corrected chi connectivity index (χ0v) is 29.0. The van der Waals surface area contributed by atoms with Crippen molar-refractivity contribution in [1.29, 1.82) is 0 Å². The van der Waals surface area contributed by atoms with E-state index >= 15 is 0 Å². The number of unbranched alkanes of at least 4 members (excludes halogenated alkanes) is 27. The normalized spacial score (nSPS) is 12.8. The largest absolute Gasteiger partial charge is 0.0851 e. The quantitative estimate of drug-likeness (QED) is 0.0542. The summed E-state index contributed by atoms with van der Waals surface area (Å²) in [7, 11) is 0. The molecule has 0 nitrogen and oxygen atoms in total. The lowest BCUT2D eigenvalue weighted by atomic mass is 9.85. The number of rotatable bonds is 34. The third-order valence-corrected chi connectivity index (χ3v) is 9.46. The number of hydrogen-bond donors (Lipinski definition) is 0. The Kier molecular flexibility index (Phi) is 34.7. The van der Waals surface area contributed by atoms with Gasteiger partial charge in [-0.2, -0.15) is 0 Å². The second kappa shape index (κ2) is 34.9. The lowest BCUT2D eigenvalue weighted by Crippen LogP contribution is -2.05. The van der Waals surface area contributed by atoms with Crippen molar-refractivity contribution >= 4 is 0 Å². The molecule has 0 fully saturated rings. The predicted octanol–water partition coefficient (Wildman–Crippen LogP) is 15.5. The van der Waals surface area contributed by atoms with Gasteiger partial charge in [-0.1, -0.05) is 219 Å². The maximum atomic E-state index is 2.70. The van der Waals surface area contributed by atoms with E-state index in [0.717, 1.165) is 5.92 Å². The zero-order valence-electron chi connectivity index (χ0n) is 29.0. The Bertz CT molecular complexity index is 474. The highest BCUT2D eigenvalue weighted by molar-refractivity contribution is 5.06. The molecule has 0 aliphatic rings. The van der Waals surface area contributed by atoms with Crippen molar-refractivity contribution in [3.8, 4) is 0 Å². The fourth-order valence-corrected chi connectivity index (χ4v) is 6.61. The molecular formula is C40H80. The van der Waals surface area contributed by atoms with Gasteiger partial charge in [0.1, 0.15) is 0 Å². The molecule has 0 saturated carbocycles. The summed E-state index contributed by atoms with van der Waals surface area (Å²) in [5.41, 5.74) is 1.82. The molecule has 240 valence electrons. The summed E-state index contributed by atoms with van der Waals surface area (Å²) in [6.07, 6.45) is 50.4. The van der Waals surface area contributed by atoms with Crippen LogP contribution in [0.3, 0.4) is 0 Å². The summed E-state index contributed by atoms with van der Waals surface area (Å²) < 4.78 is 0. The van der Waals surface area contributed by atoms with E-state index in [1.807, 2.05) is 5.57 Å². The van der Waals surface area contributed by atoms with E-state index in [1.165, 1.54) is 212 Å². The lowest BCUT2D eigenvalue weighted by Gasteiger charge is -2.20. The molecule has 0 aromatic rings. The minimum absolute atomic E-state index is 0.882. The van der Waals surface area contributed by atoms with Gasteiger partial charge in [0, 0.05) is 0 Å². The average Bonchev–Trinajstić information content (AvgIpc) is 2.97. The van der Waals surface area contributed by atoms with Gasteiger partial charge < -0.3 is 0 Å². The van der Waals surface area contributed by atoms with Gasteiger partial charge in [-0.05, 0) is 38.0 Å². The molecule has 0 spiro atoms. The molecule has 1 unspecified atom stereocenters. The highest BCUT2D eigenvalue weighted by Gasteiger charge is 2.13. The average molecular weight is 561 g/mol. The zero-order chi connectivity index (χ0) is 29.2. The van der Waals surface area contributed by atoms with E-state index in [4.69, 9.17) is 0 Å². The van der Waals surface area contributed by atoms with Crippen LogP contribution < -0.4 is 0 Å². The fraction of sp³-hybridized carbons (Fsp3) is 0.950. The summed E-state index contributed by atoms with van der Waals surface area (Å²) in [4.78, 5) is 0. The second-order valence-corrected chi connectivity index (χ2v) is 13.4. The van der Waals surface area contributed by atoms with Crippen molar-refractivity contribution in [2.45, 2.75) is 240 Å². The topological polar surface area (TPSA) is 0 Å². The van der Waals surface area contributed by atoms with Crippen LogP contribution in [0.15, 0.2) is 11.6 Å². The summed E-state index contributed by atoms with van der Waals surface area (Å²) in [6.45, 7) is 9.39. The van der Waals surface area contributed by atoms with Crippen molar-refractivity contribution in [3.63, 3.8) is 0 Å². The Morgan fingerprint density at radius 2 is 0.625 bits per heavy atom. The molecule has 1 atom stereocenters. The number of allylic oxidation sites excluding steroid dienone is 2. The summed E-state index contributed by atoms with van der Waals surface area (Å²) in [5.74, 6) is 0.882. The van der Waals surface area contributed by atoms with E-state index in [0.29, 0.717) is 0 Å². The Labute approximate surface area is 256 Å². The standard InChI is InChI=1S/C40H80/c1-5-9-12-15-18-19-20-21-22-23-24-25-26-27-29-31-33-36-39(8-4)40(37-34-30-17-14-11-7-3)38-35-32-28-16-13-10-6-2/h36,40H,5-35,37-38H2,1-4H3. The van der Waals surface area contributed by atoms with E-state index in [2.05, 4.69) is 33.8 Å². The first-order valence-electron chi connectivity index (χ1n) is 19.5. The molecule has 0 bridgehead atoms. The smallest absolute Gasteiger partial charge is 0.0203 e. The first-order chi connectivity index (χ1) is 19.8. The molecule has 0 radical (unpaired) electrons. The van der Waals surface area contributed by atoms with Crippen LogP contribution >= 0.6 is 0 Å². The Morgan fingerprint density at radius 3 is 0.925 bits per heavy atom. The second-order valence-electron chi connectivity index (χ2n) is 13.4.